The Morgan fingerprint density at radius 1 is 1.00 bits per heavy atom. The predicted octanol–water partition coefficient (Wildman–Crippen LogP) is 0.738. The van der Waals surface area contributed by atoms with Gasteiger partial charge in [0.15, 0.2) is 5.96 Å². The maximum atomic E-state index is 4.85. The van der Waals surface area contributed by atoms with Gasteiger partial charge in [-0.25, -0.2) is 0 Å². The molecule has 0 saturated carbocycles. The fourth-order valence-corrected chi connectivity index (χ4v) is 2.76. The summed E-state index contributed by atoms with van der Waals surface area (Å²) in [4.78, 5) is 14.0. The minimum atomic E-state index is 0.540. The maximum absolute atomic E-state index is 4.85. The first-order valence-corrected chi connectivity index (χ1v) is 7.64. The van der Waals surface area contributed by atoms with Crippen LogP contribution in [0.2, 0.25) is 0 Å². The summed E-state index contributed by atoms with van der Waals surface area (Å²) < 4.78 is 0. The summed E-state index contributed by atoms with van der Waals surface area (Å²) in [6.07, 6.45) is 0. The summed E-state index contributed by atoms with van der Waals surface area (Å²) in [7, 11) is 10.4. The summed E-state index contributed by atoms with van der Waals surface area (Å²) in [5, 5.41) is 0. The van der Waals surface area contributed by atoms with E-state index in [9.17, 15) is 0 Å². The van der Waals surface area contributed by atoms with E-state index in [2.05, 4.69) is 68.7 Å². The van der Waals surface area contributed by atoms with Crippen LogP contribution in [-0.2, 0) is 0 Å². The van der Waals surface area contributed by atoms with Crippen molar-refractivity contribution in [2.45, 2.75) is 19.9 Å². The quantitative estimate of drug-likeness (QED) is 0.561. The minimum Gasteiger partial charge on any atom is -0.349 e. The SMILES string of the molecule is CC(C)C(CN=C(N(C)C)N(C)C)N1CCN(C)CC1. The van der Waals surface area contributed by atoms with E-state index in [1.54, 1.807) is 0 Å². The summed E-state index contributed by atoms with van der Waals surface area (Å²) >= 11 is 0. The monoisotopic (exact) mass is 283 g/mol. The fraction of sp³-hybridized carbons (Fsp3) is 0.933. The van der Waals surface area contributed by atoms with Crippen LogP contribution in [0.25, 0.3) is 0 Å². The van der Waals surface area contributed by atoms with Crippen molar-refractivity contribution in [3.8, 4) is 0 Å². The van der Waals surface area contributed by atoms with Crippen LogP contribution < -0.4 is 0 Å². The molecule has 0 aromatic rings. The maximum Gasteiger partial charge on any atom is 0.195 e. The van der Waals surface area contributed by atoms with Gasteiger partial charge >= 0.3 is 0 Å². The highest BCUT2D eigenvalue weighted by atomic mass is 15.3. The Morgan fingerprint density at radius 2 is 1.50 bits per heavy atom. The molecule has 0 amide bonds. The van der Waals surface area contributed by atoms with Crippen LogP contribution in [-0.4, -0.2) is 99.6 Å². The van der Waals surface area contributed by atoms with Crippen LogP contribution in [0.3, 0.4) is 0 Å². The van der Waals surface area contributed by atoms with Gasteiger partial charge in [0.05, 0.1) is 6.54 Å². The molecular weight excluding hydrogens is 250 g/mol. The number of guanidine groups is 1. The molecule has 1 aliphatic rings. The molecule has 1 atom stereocenters. The van der Waals surface area contributed by atoms with Crippen molar-refractivity contribution in [1.29, 1.82) is 0 Å². The Kier molecular flexibility index (Phi) is 6.76. The van der Waals surface area contributed by atoms with Crippen molar-refractivity contribution < 1.29 is 0 Å². The van der Waals surface area contributed by atoms with E-state index in [4.69, 9.17) is 4.99 Å². The molecule has 20 heavy (non-hydrogen) atoms. The van der Waals surface area contributed by atoms with Crippen molar-refractivity contribution in [3.05, 3.63) is 0 Å². The van der Waals surface area contributed by atoms with Crippen LogP contribution in [0.15, 0.2) is 4.99 Å². The van der Waals surface area contributed by atoms with E-state index in [0.29, 0.717) is 12.0 Å². The van der Waals surface area contributed by atoms with E-state index in [1.165, 1.54) is 13.1 Å². The highest BCUT2D eigenvalue weighted by Crippen LogP contribution is 2.14. The Balaban J connectivity index is 2.70. The van der Waals surface area contributed by atoms with Crippen LogP contribution in [0, 0.1) is 5.92 Å². The van der Waals surface area contributed by atoms with E-state index in [0.717, 1.165) is 25.6 Å². The van der Waals surface area contributed by atoms with Crippen LogP contribution in [0.5, 0.6) is 0 Å². The van der Waals surface area contributed by atoms with E-state index >= 15 is 0 Å². The Bertz CT molecular complexity index is 293. The topological polar surface area (TPSA) is 25.3 Å². The molecule has 0 aromatic carbocycles. The molecule has 5 nitrogen and oxygen atoms in total. The molecule has 0 aliphatic carbocycles. The molecule has 1 unspecified atom stereocenters. The minimum absolute atomic E-state index is 0.540. The summed E-state index contributed by atoms with van der Waals surface area (Å²) in [5.41, 5.74) is 0. The number of piperazine rings is 1. The van der Waals surface area contributed by atoms with E-state index in [1.807, 2.05) is 0 Å². The lowest BCUT2D eigenvalue weighted by molar-refractivity contribution is 0.0923. The van der Waals surface area contributed by atoms with Crippen LogP contribution in [0.4, 0.5) is 0 Å². The van der Waals surface area contributed by atoms with E-state index in [-0.39, 0.29) is 0 Å². The molecule has 1 heterocycles. The summed E-state index contributed by atoms with van der Waals surface area (Å²) in [6.45, 7) is 10.2. The number of hydrogen-bond donors (Lipinski definition) is 0. The molecular formula is C15H33N5. The summed E-state index contributed by atoms with van der Waals surface area (Å²) in [6, 6.07) is 0.540. The van der Waals surface area contributed by atoms with Crippen LogP contribution >= 0.6 is 0 Å². The lowest BCUT2D eigenvalue weighted by atomic mass is 10.0. The average molecular weight is 283 g/mol. The standard InChI is InChI=1S/C15H33N5/c1-13(2)14(20-10-8-19(7)9-11-20)12-16-15(17(3)4)18(5)6/h13-14H,8-12H2,1-7H3. The van der Waals surface area contributed by atoms with Gasteiger partial charge in [0, 0.05) is 60.4 Å². The Morgan fingerprint density at radius 3 is 1.90 bits per heavy atom. The molecule has 0 radical (unpaired) electrons. The molecule has 0 bridgehead atoms. The van der Waals surface area contributed by atoms with Gasteiger partial charge in [-0.15, -0.1) is 0 Å². The second kappa shape index (κ2) is 7.84. The molecule has 0 spiro atoms. The van der Waals surface area contributed by atoms with Gasteiger partial charge in [-0.2, -0.15) is 0 Å². The molecule has 1 aliphatic heterocycles. The number of nitrogens with zero attached hydrogens (tertiary/aromatic N) is 5. The van der Waals surface area contributed by atoms with E-state index < -0.39 is 0 Å². The number of hydrogen-bond acceptors (Lipinski definition) is 3. The lowest BCUT2D eigenvalue weighted by Gasteiger charge is -2.39. The van der Waals surface area contributed by atoms with Crippen molar-refractivity contribution in [3.63, 3.8) is 0 Å². The first kappa shape index (κ1) is 17.2. The van der Waals surface area contributed by atoms with Gasteiger partial charge in [-0.05, 0) is 13.0 Å². The molecule has 118 valence electrons. The first-order chi connectivity index (χ1) is 9.32. The highest BCUT2D eigenvalue weighted by Gasteiger charge is 2.25. The normalized spacial score (nSPS) is 19.0. The predicted molar refractivity (Wildman–Crippen MR) is 87.4 cm³/mol. The second-order valence-electron chi connectivity index (χ2n) is 6.58. The van der Waals surface area contributed by atoms with Gasteiger partial charge in [0.25, 0.3) is 0 Å². The van der Waals surface area contributed by atoms with Gasteiger partial charge in [0.2, 0.25) is 0 Å². The van der Waals surface area contributed by atoms with Gasteiger partial charge < -0.3 is 14.7 Å². The van der Waals surface area contributed by atoms with Gasteiger partial charge in [-0.1, -0.05) is 13.8 Å². The third-order valence-corrected chi connectivity index (χ3v) is 4.00. The molecule has 0 aromatic heterocycles. The second-order valence-corrected chi connectivity index (χ2v) is 6.58. The average Bonchev–Trinajstić information content (AvgIpc) is 2.34. The zero-order valence-corrected chi connectivity index (χ0v) is 14.4. The van der Waals surface area contributed by atoms with Crippen molar-refractivity contribution >= 4 is 5.96 Å². The zero-order chi connectivity index (χ0) is 15.3. The van der Waals surface area contributed by atoms with Crippen molar-refractivity contribution in [1.82, 2.24) is 19.6 Å². The lowest BCUT2D eigenvalue weighted by Crippen LogP contribution is -2.52. The molecule has 5 heteroatoms. The fourth-order valence-electron chi connectivity index (χ4n) is 2.76. The molecule has 1 saturated heterocycles. The van der Waals surface area contributed by atoms with Crippen molar-refractivity contribution in [2.24, 2.45) is 10.9 Å². The summed E-state index contributed by atoms with van der Waals surface area (Å²) in [5.74, 6) is 1.68. The number of aliphatic imine (C=N–C) groups is 1. The molecule has 1 fully saturated rings. The van der Waals surface area contributed by atoms with Crippen LogP contribution in [0.1, 0.15) is 13.8 Å². The van der Waals surface area contributed by atoms with Gasteiger partial charge in [-0.3, -0.25) is 9.89 Å². The molecule has 0 N–H and O–H groups in total. The Hall–Kier alpha value is -0.810. The largest absolute Gasteiger partial charge is 0.349 e. The third kappa shape index (κ3) is 4.94. The first-order valence-electron chi connectivity index (χ1n) is 7.64. The smallest absolute Gasteiger partial charge is 0.195 e. The third-order valence-electron chi connectivity index (χ3n) is 4.00. The highest BCUT2D eigenvalue weighted by molar-refractivity contribution is 5.79. The zero-order valence-electron chi connectivity index (χ0n) is 14.4. The molecule has 1 rings (SSSR count). The Labute approximate surface area is 125 Å². The van der Waals surface area contributed by atoms with Gasteiger partial charge in [0.1, 0.15) is 0 Å². The number of likely N-dealkylation sites (N-methyl/N-ethyl adjacent to an activating group) is 1. The van der Waals surface area contributed by atoms with Crippen molar-refractivity contribution in [2.75, 3.05) is 68.0 Å². The number of rotatable bonds is 4.